The Morgan fingerprint density at radius 3 is 2.80 bits per heavy atom. The van der Waals surface area contributed by atoms with Crippen molar-refractivity contribution in [3.05, 3.63) is 59.6 Å². The Morgan fingerprint density at radius 1 is 1.28 bits per heavy atom. The molecule has 0 bridgehead atoms. The quantitative estimate of drug-likeness (QED) is 0.434. The number of hydrogen-bond acceptors (Lipinski definition) is 5. The van der Waals surface area contributed by atoms with Crippen LogP contribution in [-0.2, 0) is 12.3 Å². The Morgan fingerprint density at radius 2 is 2.08 bits per heavy atom. The fourth-order valence-electron chi connectivity index (χ4n) is 2.62. The molecule has 1 aliphatic carbocycles. The largest absolute Gasteiger partial charge is 0.360 e. The maximum Gasteiger partial charge on any atom is 0.191 e. The average molecular weight is 373 g/mol. The SMILES string of the molecule is C=CCn1c(SCc2cc(-c3ccc(Cl)cc3)no2)nnc1C1CC1. The van der Waals surface area contributed by atoms with E-state index in [1.165, 1.54) is 12.8 Å². The highest BCUT2D eigenvalue weighted by Crippen LogP contribution is 2.40. The Hall–Kier alpha value is -2.05. The summed E-state index contributed by atoms with van der Waals surface area (Å²) in [6.07, 6.45) is 4.28. The minimum atomic E-state index is 0.559. The third-order valence-electron chi connectivity index (χ3n) is 4.04. The number of hydrogen-bond donors (Lipinski definition) is 0. The van der Waals surface area contributed by atoms with E-state index in [2.05, 4.69) is 26.5 Å². The number of allylic oxidation sites excluding steroid dienone is 1. The Labute approximate surface area is 155 Å². The second kappa shape index (κ2) is 7.06. The maximum atomic E-state index is 5.92. The van der Waals surface area contributed by atoms with Crippen LogP contribution < -0.4 is 0 Å². The molecule has 1 aromatic carbocycles. The standard InChI is InChI=1S/C18H17ClN4OS/c1-2-9-23-17(13-3-4-13)20-21-18(23)25-11-15-10-16(22-24-15)12-5-7-14(19)8-6-12/h2,5-8,10,13H,1,3-4,9,11H2. The molecule has 0 unspecified atom stereocenters. The number of halogens is 1. The van der Waals surface area contributed by atoms with Crippen LogP contribution in [0.3, 0.4) is 0 Å². The van der Waals surface area contributed by atoms with Crippen molar-refractivity contribution >= 4 is 23.4 Å². The van der Waals surface area contributed by atoms with Crippen molar-refractivity contribution in [3.63, 3.8) is 0 Å². The molecule has 0 radical (unpaired) electrons. The minimum Gasteiger partial charge on any atom is -0.360 e. The Bertz CT molecular complexity index is 883. The molecule has 5 nitrogen and oxygen atoms in total. The summed E-state index contributed by atoms with van der Waals surface area (Å²) in [6.45, 7) is 4.57. The molecule has 1 fully saturated rings. The number of thioether (sulfide) groups is 1. The number of rotatable bonds is 7. The summed E-state index contributed by atoms with van der Waals surface area (Å²) in [6, 6.07) is 9.50. The number of benzene rings is 1. The zero-order valence-electron chi connectivity index (χ0n) is 13.6. The fourth-order valence-corrected chi connectivity index (χ4v) is 3.58. The molecule has 1 aliphatic rings. The number of aromatic nitrogens is 4. The van der Waals surface area contributed by atoms with Crippen molar-refractivity contribution in [2.24, 2.45) is 0 Å². The highest BCUT2D eigenvalue weighted by molar-refractivity contribution is 7.98. The topological polar surface area (TPSA) is 56.7 Å². The molecule has 0 spiro atoms. The van der Waals surface area contributed by atoms with Gasteiger partial charge in [0.15, 0.2) is 5.16 Å². The van der Waals surface area contributed by atoms with Gasteiger partial charge in [0, 0.05) is 29.1 Å². The van der Waals surface area contributed by atoms with Gasteiger partial charge in [0.05, 0.1) is 5.75 Å². The van der Waals surface area contributed by atoms with Crippen LogP contribution in [-0.4, -0.2) is 19.9 Å². The molecule has 0 N–H and O–H groups in total. The highest BCUT2D eigenvalue weighted by atomic mass is 35.5. The Balaban J connectivity index is 1.47. The van der Waals surface area contributed by atoms with Crippen LogP contribution in [0.2, 0.25) is 5.02 Å². The molecule has 25 heavy (non-hydrogen) atoms. The first-order valence-electron chi connectivity index (χ1n) is 8.13. The van der Waals surface area contributed by atoms with Crippen LogP contribution in [0, 0.1) is 0 Å². The third kappa shape index (κ3) is 3.65. The monoisotopic (exact) mass is 372 g/mol. The van der Waals surface area contributed by atoms with E-state index in [0.29, 0.717) is 16.7 Å². The molecule has 3 aromatic rings. The molecule has 4 rings (SSSR count). The van der Waals surface area contributed by atoms with Crippen LogP contribution in [0.4, 0.5) is 0 Å². The minimum absolute atomic E-state index is 0.559. The normalized spacial score (nSPS) is 14.0. The van der Waals surface area contributed by atoms with E-state index in [1.807, 2.05) is 36.4 Å². The molecule has 0 atom stereocenters. The zero-order valence-corrected chi connectivity index (χ0v) is 15.1. The first-order chi connectivity index (χ1) is 12.2. The van der Waals surface area contributed by atoms with E-state index in [4.69, 9.17) is 16.1 Å². The lowest BCUT2D eigenvalue weighted by Crippen LogP contribution is -2.02. The molecule has 0 aliphatic heterocycles. The van der Waals surface area contributed by atoms with Gasteiger partial charge in [-0.1, -0.05) is 46.7 Å². The van der Waals surface area contributed by atoms with Crippen molar-refractivity contribution < 1.29 is 4.52 Å². The first kappa shape index (κ1) is 16.4. The predicted octanol–water partition coefficient (Wildman–Crippen LogP) is 4.94. The van der Waals surface area contributed by atoms with Crippen LogP contribution in [0.1, 0.15) is 30.3 Å². The van der Waals surface area contributed by atoms with Crippen molar-refractivity contribution in [3.8, 4) is 11.3 Å². The zero-order chi connectivity index (χ0) is 17.2. The molecule has 1 saturated carbocycles. The van der Waals surface area contributed by atoms with Gasteiger partial charge in [0.1, 0.15) is 17.3 Å². The van der Waals surface area contributed by atoms with Gasteiger partial charge in [-0.05, 0) is 25.0 Å². The lowest BCUT2D eigenvalue weighted by Gasteiger charge is -2.05. The average Bonchev–Trinajstić information content (AvgIpc) is 3.22. The highest BCUT2D eigenvalue weighted by Gasteiger charge is 2.30. The summed E-state index contributed by atoms with van der Waals surface area (Å²) in [5.41, 5.74) is 1.79. The van der Waals surface area contributed by atoms with Crippen LogP contribution >= 0.6 is 23.4 Å². The van der Waals surface area contributed by atoms with Crippen molar-refractivity contribution in [2.45, 2.75) is 36.2 Å². The summed E-state index contributed by atoms with van der Waals surface area (Å²) in [5.74, 6) is 3.09. The molecule has 128 valence electrons. The van der Waals surface area contributed by atoms with Gasteiger partial charge in [0.25, 0.3) is 0 Å². The van der Waals surface area contributed by atoms with Crippen LogP contribution in [0.25, 0.3) is 11.3 Å². The van der Waals surface area contributed by atoms with E-state index in [0.717, 1.165) is 34.5 Å². The second-order valence-corrected chi connectivity index (χ2v) is 7.37. The fraction of sp³-hybridized carbons (Fsp3) is 0.278. The van der Waals surface area contributed by atoms with Crippen molar-refractivity contribution in [1.29, 1.82) is 0 Å². The molecule has 0 saturated heterocycles. The van der Waals surface area contributed by atoms with Gasteiger partial charge in [-0.25, -0.2) is 0 Å². The van der Waals surface area contributed by atoms with Crippen molar-refractivity contribution in [1.82, 2.24) is 19.9 Å². The lowest BCUT2D eigenvalue weighted by atomic mass is 10.1. The van der Waals surface area contributed by atoms with Gasteiger partial charge < -0.3 is 9.09 Å². The maximum absolute atomic E-state index is 5.92. The third-order valence-corrected chi connectivity index (χ3v) is 5.28. The smallest absolute Gasteiger partial charge is 0.191 e. The van der Waals surface area contributed by atoms with Gasteiger partial charge in [-0.3, -0.25) is 0 Å². The first-order valence-corrected chi connectivity index (χ1v) is 9.49. The van der Waals surface area contributed by atoms with Gasteiger partial charge in [-0.2, -0.15) is 0 Å². The van der Waals surface area contributed by atoms with Gasteiger partial charge in [-0.15, -0.1) is 16.8 Å². The lowest BCUT2D eigenvalue weighted by molar-refractivity contribution is 0.397. The summed E-state index contributed by atoms with van der Waals surface area (Å²) < 4.78 is 7.60. The second-order valence-electron chi connectivity index (χ2n) is 5.99. The molecule has 2 aromatic heterocycles. The summed E-state index contributed by atoms with van der Waals surface area (Å²) in [4.78, 5) is 0. The molecular formula is C18H17ClN4OS. The van der Waals surface area contributed by atoms with E-state index in [1.54, 1.807) is 11.8 Å². The molecule has 0 amide bonds. The molecular weight excluding hydrogens is 356 g/mol. The Kier molecular flexibility index (Phi) is 4.63. The van der Waals surface area contributed by atoms with Crippen molar-refractivity contribution in [2.75, 3.05) is 0 Å². The predicted molar refractivity (Wildman–Crippen MR) is 98.7 cm³/mol. The van der Waals surface area contributed by atoms with Gasteiger partial charge >= 0.3 is 0 Å². The van der Waals surface area contributed by atoms with E-state index in [-0.39, 0.29) is 0 Å². The van der Waals surface area contributed by atoms with Gasteiger partial charge in [0.2, 0.25) is 0 Å². The molecule has 7 heteroatoms. The molecule has 2 heterocycles. The summed E-state index contributed by atoms with van der Waals surface area (Å²) in [7, 11) is 0. The summed E-state index contributed by atoms with van der Waals surface area (Å²) in [5, 5.41) is 14.4. The van der Waals surface area contributed by atoms with Crippen LogP contribution in [0.15, 0.2) is 52.7 Å². The number of nitrogens with zero attached hydrogens (tertiary/aromatic N) is 4. The van der Waals surface area contributed by atoms with E-state index in [9.17, 15) is 0 Å². The van der Waals surface area contributed by atoms with Crippen LogP contribution in [0.5, 0.6) is 0 Å². The van der Waals surface area contributed by atoms with E-state index < -0.39 is 0 Å². The van der Waals surface area contributed by atoms with E-state index >= 15 is 0 Å². The summed E-state index contributed by atoms with van der Waals surface area (Å²) >= 11 is 7.53.